The van der Waals surface area contributed by atoms with Gasteiger partial charge in [-0.05, 0) is 6.92 Å². The molecule has 4 nitrogen and oxygen atoms in total. The quantitative estimate of drug-likeness (QED) is 0.600. The number of hydrogen-bond acceptors (Lipinski definition) is 3. The summed E-state index contributed by atoms with van der Waals surface area (Å²) in [5.41, 5.74) is 0. The molecule has 1 rings (SSSR count). The second-order valence-corrected chi connectivity index (χ2v) is 2.37. The Morgan fingerprint density at radius 2 is 2.33 bits per heavy atom. The van der Waals surface area contributed by atoms with Gasteiger partial charge in [0, 0.05) is 6.20 Å². The van der Waals surface area contributed by atoms with Crippen molar-refractivity contribution in [1.29, 1.82) is 0 Å². The first-order valence-corrected chi connectivity index (χ1v) is 3.58. The van der Waals surface area contributed by atoms with Crippen LogP contribution in [-0.4, -0.2) is 23.3 Å². The van der Waals surface area contributed by atoms with Gasteiger partial charge in [-0.1, -0.05) is 13.2 Å². The third-order valence-corrected chi connectivity index (χ3v) is 1.61. The normalized spacial score (nSPS) is 28.1. The zero-order valence-corrected chi connectivity index (χ0v) is 6.90. The molecule has 0 aromatic carbocycles. The summed E-state index contributed by atoms with van der Waals surface area (Å²) in [5.74, 6) is 0. The predicted octanol–water partition coefficient (Wildman–Crippen LogP) is 1.46. The first-order chi connectivity index (χ1) is 5.70. The van der Waals surface area contributed by atoms with Gasteiger partial charge in [-0.2, -0.15) is 0 Å². The summed E-state index contributed by atoms with van der Waals surface area (Å²) in [6, 6.07) is 0. The second kappa shape index (κ2) is 3.30. The SMILES string of the molecule is C=COC1C(C)OC(=O)N1C=C. The van der Waals surface area contributed by atoms with Crippen molar-refractivity contribution in [1.82, 2.24) is 4.90 Å². The minimum absolute atomic E-state index is 0.298. The maximum Gasteiger partial charge on any atom is 0.417 e. The molecular weight excluding hydrogens is 158 g/mol. The van der Waals surface area contributed by atoms with E-state index in [1.165, 1.54) is 17.4 Å². The fourth-order valence-corrected chi connectivity index (χ4v) is 1.06. The Morgan fingerprint density at radius 1 is 1.67 bits per heavy atom. The van der Waals surface area contributed by atoms with Crippen molar-refractivity contribution in [3.05, 3.63) is 25.6 Å². The maximum atomic E-state index is 11.0. The van der Waals surface area contributed by atoms with Crippen LogP contribution in [0.15, 0.2) is 25.6 Å². The average molecular weight is 169 g/mol. The summed E-state index contributed by atoms with van der Waals surface area (Å²) in [6.07, 6.45) is 1.48. The Morgan fingerprint density at radius 3 is 2.83 bits per heavy atom. The maximum absolute atomic E-state index is 11.0. The molecule has 0 saturated carbocycles. The largest absolute Gasteiger partial charge is 0.474 e. The standard InChI is InChI=1S/C8H11NO3/c1-4-9-7(11-5-2)6(3)12-8(9)10/h4-7H,1-2H2,3H3. The Balaban J connectivity index is 2.73. The average Bonchev–Trinajstić information content (AvgIpc) is 2.28. The summed E-state index contributed by atoms with van der Waals surface area (Å²) in [4.78, 5) is 12.3. The lowest BCUT2D eigenvalue weighted by atomic mass is 10.3. The van der Waals surface area contributed by atoms with Gasteiger partial charge in [0.1, 0.15) is 0 Å². The molecule has 12 heavy (non-hydrogen) atoms. The number of nitrogens with zero attached hydrogens (tertiary/aromatic N) is 1. The van der Waals surface area contributed by atoms with Crippen LogP contribution in [0.25, 0.3) is 0 Å². The van der Waals surface area contributed by atoms with Crippen LogP contribution in [0.4, 0.5) is 4.79 Å². The van der Waals surface area contributed by atoms with Gasteiger partial charge in [-0.3, -0.25) is 0 Å². The molecule has 0 aromatic rings. The van der Waals surface area contributed by atoms with Gasteiger partial charge in [0.2, 0.25) is 6.23 Å². The van der Waals surface area contributed by atoms with Crippen molar-refractivity contribution in [2.75, 3.05) is 0 Å². The molecule has 1 fully saturated rings. The first kappa shape index (κ1) is 8.64. The lowest BCUT2D eigenvalue weighted by molar-refractivity contribution is 0.0248. The summed E-state index contributed by atoms with van der Waals surface area (Å²) in [5, 5.41) is 0. The van der Waals surface area contributed by atoms with Gasteiger partial charge in [-0.15, -0.1) is 0 Å². The van der Waals surface area contributed by atoms with E-state index in [-0.39, 0.29) is 6.10 Å². The molecule has 66 valence electrons. The lowest BCUT2D eigenvalue weighted by Gasteiger charge is -2.17. The Kier molecular flexibility index (Phi) is 2.38. The van der Waals surface area contributed by atoms with Crippen molar-refractivity contribution in [3.63, 3.8) is 0 Å². The van der Waals surface area contributed by atoms with Crippen molar-refractivity contribution >= 4 is 6.09 Å². The van der Waals surface area contributed by atoms with E-state index in [9.17, 15) is 4.79 Å². The van der Waals surface area contributed by atoms with E-state index in [0.29, 0.717) is 0 Å². The van der Waals surface area contributed by atoms with Gasteiger partial charge in [-0.25, -0.2) is 9.69 Å². The van der Waals surface area contributed by atoms with Crippen molar-refractivity contribution in [3.8, 4) is 0 Å². The van der Waals surface area contributed by atoms with E-state index in [2.05, 4.69) is 13.2 Å². The topological polar surface area (TPSA) is 38.8 Å². The predicted molar refractivity (Wildman–Crippen MR) is 43.0 cm³/mol. The number of cyclic esters (lactones) is 1. The highest BCUT2D eigenvalue weighted by Crippen LogP contribution is 2.20. The fraction of sp³-hybridized carbons (Fsp3) is 0.375. The molecule has 2 atom stereocenters. The smallest absolute Gasteiger partial charge is 0.417 e. The molecule has 0 radical (unpaired) electrons. The minimum Gasteiger partial charge on any atom is -0.474 e. The van der Waals surface area contributed by atoms with Crippen LogP contribution in [0.5, 0.6) is 0 Å². The third-order valence-electron chi connectivity index (χ3n) is 1.61. The minimum atomic E-state index is -0.440. The van der Waals surface area contributed by atoms with Gasteiger partial charge >= 0.3 is 6.09 Å². The van der Waals surface area contributed by atoms with E-state index in [1.807, 2.05) is 0 Å². The number of rotatable bonds is 3. The first-order valence-electron chi connectivity index (χ1n) is 3.58. The summed E-state index contributed by atoms with van der Waals surface area (Å²) in [6.45, 7) is 8.62. The van der Waals surface area contributed by atoms with Crippen LogP contribution in [0.2, 0.25) is 0 Å². The van der Waals surface area contributed by atoms with Crippen LogP contribution in [0.1, 0.15) is 6.92 Å². The zero-order valence-electron chi connectivity index (χ0n) is 6.90. The molecule has 4 heteroatoms. The zero-order chi connectivity index (χ0) is 9.14. The highest BCUT2D eigenvalue weighted by Gasteiger charge is 2.38. The molecule has 1 aliphatic heterocycles. The molecule has 1 heterocycles. The molecule has 0 N–H and O–H groups in total. The van der Waals surface area contributed by atoms with E-state index in [1.54, 1.807) is 6.92 Å². The molecule has 1 aliphatic rings. The monoisotopic (exact) mass is 169 g/mol. The second-order valence-electron chi connectivity index (χ2n) is 2.37. The van der Waals surface area contributed by atoms with E-state index >= 15 is 0 Å². The van der Waals surface area contributed by atoms with Crippen LogP contribution >= 0.6 is 0 Å². The number of amides is 1. The summed E-state index contributed by atoms with van der Waals surface area (Å²) < 4.78 is 9.93. The molecule has 0 spiro atoms. The molecule has 0 bridgehead atoms. The lowest BCUT2D eigenvalue weighted by Crippen LogP contribution is -2.32. The van der Waals surface area contributed by atoms with Crippen LogP contribution in [0.3, 0.4) is 0 Å². The Bertz CT molecular complexity index is 214. The van der Waals surface area contributed by atoms with Crippen molar-refractivity contribution in [2.24, 2.45) is 0 Å². The number of ether oxygens (including phenoxy) is 2. The fourth-order valence-electron chi connectivity index (χ4n) is 1.06. The molecule has 0 aliphatic carbocycles. The Labute approximate surface area is 71.1 Å². The summed E-state index contributed by atoms with van der Waals surface area (Å²) >= 11 is 0. The van der Waals surface area contributed by atoms with Crippen LogP contribution in [0, 0.1) is 0 Å². The molecule has 1 saturated heterocycles. The Hall–Kier alpha value is -1.45. The van der Waals surface area contributed by atoms with Crippen molar-refractivity contribution < 1.29 is 14.3 Å². The van der Waals surface area contributed by atoms with Crippen LogP contribution in [-0.2, 0) is 9.47 Å². The van der Waals surface area contributed by atoms with Crippen LogP contribution < -0.4 is 0 Å². The van der Waals surface area contributed by atoms with Crippen molar-refractivity contribution in [2.45, 2.75) is 19.3 Å². The molecule has 1 amide bonds. The van der Waals surface area contributed by atoms with Gasteiger partial charge in [0.05, 0.1) is 6.26 Å². The molecule has 0 aromatic heterocycles. The highest BCUT2D eigenvalue weighted by molar-refractivity contribution is 5.71. The van der Waals surface area contributed by atoms with Gasteiger partial charge < -0.3 is 9.47 Å². The summed E-state index contributed by atoms with van der Waals surface area (Å²) in [7, 11) is 0. The third kappa shape index (κ3) is 1.28. The number of carbonyl (C=O) groups is 1. The van der Waals surface area contributed by atoms with Gasteiger partial charge in [0.15, 0.2) is 6.10 Å². The number of hydrogen-bond donors (Lipinski definition) is 0. The van der Waals surface area contributed by atoms with E-state index in [4.69, 9.17) is 9.47 Å². The molecular formula is C8H11NO3. The highest BCUT2D eigenvalue weighted by atomic mass is 16.6. The van der Waals surface area contributed by atoms with Gasteiger partial charge in [0.25, 0.3) is 0 Å². The number of carbonyl (C=O) groups excluding carboxylic acids is 1. The van der Waals surface area contributed by atoms with E-state index < -0.39 is 12.3 Å². The molecule has 2 unspecified atom stereocenters. The van der Waals surface area contributed by atoms with E-state index in [0.717, 1.165) is 0 Å².